The average Bonchev–Trinajstić information content (AvgIpc) is 3.08. The van der Waals surface area contributed by atoms with E-state index < -0.39 is 0 Å². The van der Waals surface area contributed by atoms with Crippen molar-refractivity contribution >= 4 is 46.1 Å². The lowest BCUT2D eigenvalue weighted by Gasteiger charge is -2.33. The third-order valence-corrected chi connectivity index (χ3v) is 7.15. The summed E-state index contributed by atoms with van der Waals surface area (Å²) in [4.78, 5) is 30.6. The van der Waals surface area contributed by atoms with Crippen LogP contribution in [0.15, 0.2) is 9.70 Å². The van der Waals surface area contributed by atoms with Crippen LogP contribution >= 0.6 is 24.0 Å². The Balaban J connectivity index is 2.13. The number of nitrogens with zero attached hydrogens (tertiary/aromatic N) is 4. The molecule has 3 rings (SSSR count). The van der Waals surface area contributed by atoms with Gasteiger partial charge in [0.2, 0.25) is 0 Å². The fourth-order valence-electron chi connectivity index (χ4n) is 3.97. The normalized spacial score (nSPS) is 17.8. The van der Waals surface area contributed by atoms with Crippen LogP contribution in [-0.2, 0) is 20.8 Å². The Morgan fingerprint density at radius 2 is 1.97 bits per heavy atom. The molecule has 3 heterocycles. The second-order valence-electron chi connectivity index (χ2n) is 7.94. The molecule has 0 atom stereocenters. The van der Waals surface area contributed by atoms with Crippen molar-refractivity contribution in [2.75, 3.05) is 51.5 Å². The first-order valence-corrected chi connectivity index (χ1v) is 12.4. The summed E-state index contributed by atoms with van der Waals surface area (Å²) in [6.07, 6.45) is 4.22. The summed E-state index contributed by atoms with van der Waals surface area (Å²) in [5, 5.41) is 9.76. The molecule has 2 fully saturated rings. The van der Waals surface area contributed by atoms with E-state index in [1.165, 1.54) is 11.8 Å². The second kappa shape index (κ2) is 11.8. The molecule has 2 aliphatic rings. The van der Waals surface area contributed by atoms with Crippen molar-refractivity contribution in [3.05, 3.63) is 31.9 Å². The molecule has 0 spiro atoms. The molecule has 2 aliphatic heterocycles. The first kappa shape index (κ1) is 25.4. The van der Waals surface area contributed by atoms with E-state index in [2.05, 4.69) is 17.9 Å². The fraction of sp³-hybridized carbons (Fsp3) is 0.565. The van der Waals surface area contributed by atoms with Crippen LogP contribution in [0.5, 0.6) is 0 Å². The number of rotatable bonds is 9. The zero-order valence-electron chi connectivity index (χ0n) is 19.4. The van der Waals surface area contributed by atoms with E-state index in [0.717, 1.165) is 24.2 Å². The van der Waals surface area contributed by atoms with Crippen molar-refractivity contribution in [3.63, 3.8) is 0 Å². The van der Waals surface area contributed by atoms with Gasteiger partial charge in [-0.3, -0.25) is 19.1 Å². The SMILES string of the molecule is CCCCn1c(N2CCOCC2)c(/C=C2\SC(=S)N(CCCOC)C2=O)c(C)c(C#N)c1=O. The summed E-state index contributed by atoms with van der Waals surface area (Å²) in [6, 6.07) is 2.09. The lowest BCUT2D eigenvalue weighted by Crippen LogP contribution is -2.41. The van der Waals surface area contributed by atoms with Gasteiger partial charge < -0.3 is 14.4 Å². The van der Waals surface area contributed by atoms with Gasteiger partial charge >= 0.3 is 0 Å². The second-order valence-corrected chi connectivity index (χ2v) is 9.61. The van der Waals surface area contributed by atoms with Gasteiger partial charge in [-0.2, -0.15) is 5.26 Å². The summed E-state index contributed by atoms with van der Waals surface area (Å²) in [7, 11) is 1.63. The number of carbonyl (C=O) groups is 1. The minimum absolute atomic E-state index is 0.116. The maximum atomic E-state index is 13.2. The maximum Gasteiger partial charge on any atom is 0.270 e. The molecular formula is C23H30N4O4S2. The van der Waals surface area contributed by atoms with Crippen molar-refractivity contribution in [2.45, 2.75) is 39.7 Å². The fourth-order valence-corrected chi connectivity index (χ4v) is 5.26. The van der Waals surface area contributed by atoms with Gasteiger partial charge in [0.05, 0.1) is 18.1 Å². The highest BCUT2D eigenvalue weighted by Gasteiger charge is 2.33. The standard InChI is InChI=1S/C23H30N4O4S2/c1-4-5-7-26-20(25-9-12-31-13-10-25)17(16(2)18(15-24)21(26)28)14-19-22(29)27(23(32)33-19)8-6-11-30-3/h14H,4-13H2,1-3H3/b19-14-. The van der Waals surface area contributed by atoms with Crippen molar-refractivity contribution in [2.24, 2.45) is 0 Å². The molecule has 0 radical (unpaired) electrons. The minimum Gasteiger partial charge on any atom is -0.385 e. The van der Waals surface area contributed by atoms with Crippen LogP contribution in [0.2, 0.25) is 0 Å². The number of morpholine rings is 1. The Kier molecular flexibility index (Phi) is 9.09. The van der Waals surface area contributed by atoms with Crippen LogP contribution < -0.4 is 10.5 Å². The Morgan fingerprint density at radius 3 is 2.61 bits per heavy atom. The smallest absolute Gasteiger partial charge is 0.270 e. The van der Waals surface area contributed by atoms with E-state index in [0.29, 0.717) is 67.2 Å². The first-order valence-electron chi connectivity index (χ1n) is 11.2. The molecule has 178 valence electrons. The number of thiocarbonyl (C=S) groups is 1. The maximum absolute atomic E-state index is 13.2. The number of hydrogen-bond donors (Lipinski definition) is 0. The summed E-state index contributed by atoms with van der Waals surface area (Å²) in [6.45, 7) is 7.77. The molecule has 0 aliphatic carbocycles. The van der Waals surface area contributed by atoms with Crippen LogP contribution in [0.4, 0.5) is 5.82 Å². The number of pyridine rings is 1. The predicted molar refractivity (Wildman–Crippen MR) is 134 cm³/mol. The van der Waals surface area contributed by atoms with Gasteiger partial charge in [0.25, 0.3) is 11.5 Å². The van der Waals surface area contributed by atoms with Gasteiger partial charge in [0.15, 0.2) is 0 Å². The zero-order valence-corrected chi connectivity index (χ0v) is 21.0. The molecule has 2 saturated heterocycles. The molecule has 0 N–H and O–H groups in total. The number of unbranched alkanes of at least 4 members (excludes halogenated alkanes) is 1. The van der Waals surface area contributed by atoms with Crippen molar-refractivity contribution < 1.29 is 14.3 Å². The van der Waals surface area contributed by atoms with Crippen LogP contribution in [0, 0.1) is 18.3 Å². The molecule has 0 unspecified atom stereocenters. The quantitative estimate of drug-likeness (QED) is 0.297. The minimum atomic E-state index is -0.283. The summed E-state index contributed by atoms with van der Waals surface area (Å²) in [5.41, 5.74) is 1.14. The monoisotopic (exact) mass is 490 g/mol. The largest absolute Gasteiger partial charge is 0.385 e. The number of amides is 1. The number of aromatic nitrogens is 1. The van der Waals surface area contributed by atoms with E-state index >= 15 is 0 Å². The molecule has 10 heteroatoms. The van der Waals surface area contributed by atoms with Gasteiger partial charge in [-0.05, 0) is 31.4 Å². The van der Waals surface area contributed by atoms with Crippen molar-refractivity contribution in [3.8, 4) is 6.07 Å². The molecular weight excluding hydrogens is 460 g/mol. The number of anilines is 1. The number of ether oxygens (including phenoxy) is 2. The number of methoxy groups -OCH3 is 1. The zero-order chi connectivity index (χ0) is 24.0. The molecule has 1 amide bonds. The van der Waals surface area contributed by atoms with Crippen LogP contribution in [0.3, 0.4) is 0 Å². The lowest BCUT2D eigenvalue weighted by molar-refractivity contribution is -0.122. The van der Waals surface area contributed by atoms with Gasteiger partial charge in [0.1, 0.15) is 21.8 Å². The Hall–Kier alpha value is -2.19. The Morgan fingerprint density at radius 1 is 1.24 bits per heavy atom. The summed E-state index contributed by atoms with van der Waals surface area (Å²) >= 11 is 6.71. The van der Waals surface area contributed by atoms with Gasteiger partial charge in [-0.1, -0.05) is 37.3 Å². The highest BCUT2D eigenvalue weighted by molar-refractivity contribution is 8.26. The van der Waals surface area contributed by atoms with Crippen molar-refractivity contribution in [1.82, 2.24) is 9.47 Å². The van der Waals surface area contributed by atoms with E-state index in [1.54, 1.807) is 29.6 Å². The Labute approximate surface area is 204 Å². The predicted octanol–water partition coefficient (Wildman–Crippen LogP) is 2.90. The topological polar surface area (TPSA) is 87.8 Å². The van der Waals surface area contributed by atoms with Crippen molar-refractivity contribution in [1.29, 1.82) is 5.26 Å². The first-order chi connectivity index (χ1) is 15.9. The molecule has 0 bridgehead atoms. The van der Waals surface area contributed by atoms with Crippen LogP contribution in [-0.4, -0.2) is 66.3 Å². The van der Waals surface area contributed by atoms with E-state index in [9.17, 15) is 14.9 Å². The van der Waals surface area contributed by atoms with E-state index in [1.807, 2.05) is 0 Å². The molecule has 8 nitrogen and oxygen atoms in total. The third kappa shape index (κ3) is 5.49. The number of carbonyl (C=O) groups excluding carboxylic acids is 1. The number of thioether (sulfide) groups is 1. The molecule has 1 aromatic heterocycles. The highest BCUT2D eigenvalue weighted by atomic mass is 32.2. The van der Waals surface area contributed by atoms with Gasteiger partial charge in [0, 0.05) is 45.5 Å². The van der Waals surface area contributed by atoms with Crippen LogP contribution in [0.25, 0.3) is 6.08 Å². The van der Waals surface area contributed by atoms with Gasteiger partial charge in [-0.25, -0.2) is 0 Å². The third-order valence-electron chi connectivity index (χ3n) is 5.77. The highest BCUT2D eigenvalue weighted by Crippen LogP contribution is 2.36. The van der Waals surface area contributed by atoms with E-state index in [4.69, 9.17) is 21.7 Å². The van der Waals surface area contributed by atoms with Gasteiger partial charge in [-0.15, -0.1) is 0 Å². The average molecular weight is 491 g/mol. The van der Waals surface area contributed by atoms with Crippen LogP contribution in [0.1, 0.15) is 42.9 Å². The molecule has 0 saturated carbocycles. The lowest BCUT2D eigenvalue weighted by atomic mass is 10.0. The summed E-state index contributed by atoms with van der Waals surface area (Å²) in [5.74, 6) is 0.594. The molecule has 33 heavy (non-hydrogen) atoms. The van der Waals surface area contributed by atoms with E-state index in [-0.39, 0.29) is 17.0 Å². The molecule has 1 aromatic rings. The number of nitriles is 1. The number of hydrogen-bond acceptors (Lipinski definition) is 8. The summed E-state index contributed by atoms with van der Waals surface area (Å²) < 4.78 is 12.8. The Bertz CT molecular complexity index is 1040. The molecule has 0 aromatic carbocycles.